The lowest BCUT2D eigenvalue weighted by molar-refractivity contribution is -0.702. The number of aromatic amines is 2. The number of halogens is 1. The van der Waals surface area contributed by atoms with Crippen molar-refractivity contribution in [1.82, 2.24) is 9.97 Å². The first-order valence-electron chi connectivity index (χ1n) is 17.1. The van der Waals surface area contributed by atoms with Crippen LogP contribution in [0.25, 0.3) is 65.2 Å². The molecule has 0 aliphatic heterocycles. The lowest BCUT2D eigenvalue weighted by atomic mass is 10.00. The molecule has 8 aromatic rings. The minimum Gasteiger partial charge on any atom is -1.00 e. The standard InChI is InChI=1S/C42H42N4.BrH/c1-27-31-19-23-45(29(3)35(31)25-37-33-15-9-11-17-39(33)43-41(27)37)21-13-7-5-6-8-14-22-46-24-20-32-28(2)42-38(26-36(32)30(46)4)34-16-10-12-18-40(34)44-42;/h9-12,15-20,23-26H,5-8,13-14,21-22H2,1-4H3;1H/p+1. The van der Waals surface area contributed by atoms with Crippen molar-refractivity contribution in [3.05, 3.63) is 108 Å². The number of para-hydroxylation sites is 2. The van der Waals surface area contributed by atoms with Crippen LogP contribution >= 0.6 is 0 Å². The first kappa shape index (κ1) is 31.4. The van der Waals surface area contributed by atoms with Gasteiger partial charge in [-0.1, -0.05) is 49.2 Å². The molecule has 0 atom stereocenters. The summed E-state index contributed by atoms with van der Waals surface area (Å²) in [4.78, 5) is 7.31. The number of nitrogens with one attached hydrogen (secondary N) is 2. The second-order valence-electron chi connectivity index (χ2n) is 13.4. The van der Waals surface area contributed by atoms with Crippen molar-refractivity contribution in [2.24, 2.45) is 0 Å². The summed E-state index contributed by atoms with van der Waals surface area (Å²) in [6, 6.07) is 26.8. The minimum absolute atomic E-state index is 0. The Morgan fingerprint density at radius 1 is 0.447 bits per heavy atom. The maximum absolute atomic E-state index is 3.66. The number of pyridine rings is 2. The smallest absolute Gasteiger partial charge is 0.186 e. The molecule has 0 aliphatic carbocycles. The van der Waals surface area contributed by atoms with Gasteiger partial charge >= 0.3 is 0 Å². The predicted octanol–water partition coefficient (Wildman–Crippen LogP) is 7.12. The minimum atomic E-state index is 0. The molecule has 0 saturated heterocycles. The van der Waals surface area contributed by atoms with Crippen molar-refractivity contribution in [2.75, 3.05) is 0 Å². The fraction of sp³-hybridized carbons (Fsp3) is 0.286. The molecule has 4 heterocycles. The first-order valence-corrected chi connectivity index (χ1v) is 17.1. The molecule has 0 radical (unpaired) electrons. The molecule has 4 nitrogen and oxygen atoms in total. The second kappa shape index (κ2) is 12.8. The Hall–Kier alpha value is -4.22. The molecule has 0 bridgehead atoms. The van der Waals surface area contributed by atoms with Gasteiger partial charge in [-0.05, 0) is 72.9 Å². The highest BCUT2D eigenvalue weighted by atomic mass is 79.9. The molecule has 5 heteroatoms. The molecule has 2 N–H and O–H groups in total. The van der Waals surface area contributed by atoms with Crippen molar-refractivity contribution in [3.8, 4) is 0 Å². The van der Waals surface area contributed by atoms with Crippen LogP contribution in [0.2, 0.25) is 0 Å². The quantitative estimate of drug-likeness (QED) is 0.120. The summed E-state index contributed by atoms with van der Waals surface area (Å²) in [5.41, 5.74) is 10.4. The Morgan fingerprint density at radius 3 is 1.30 bits per heavy atom. The fourth-order valence-electron chi connectivity index (χ4n) is 7.98. The van der Waals surface area contributed by atoms with Crippen molar-refractivity contribution in [2.45, 2.75) is 79.3 Å². The van der Waals surface area contributed by atoms with Crippen LogP contribution in [0.3, 0.4) is 0 Å². The highest BCUT2D eigenvalue weighted by molar-refractivity contribution is 6.15. The van der Waals surface area contributed by atoms with E-state index in [9.17, 15) is 0 Å². The zero-order valence-electron chi connectivity index (χ0n) is 28.0. The fourth-order valence-corrected chi connectivity index (χ4v) is 7.98. The summed E-state index contributed by atoms with van der Waals surface area (Å²) in [5.74, 6) is 0. The van der Waals surface area contributed by atoms with Gasteiger partial charge in [0.1, 0.15) is 13.1 Å². The van der Waals surface area contributed by atoms with Gasteiger partial charge in [-0.15, -0.1) is 0 Å². The maximum atomic E-state index is 3.66. The van der Waals surface area contributed by atoms with E-state index in [0.717, 1.165) is 13.1 Å². The summed E-state index contributed by atoms with van der Waals surface area (Å²) in [6.45, 7) is 11.3. The lowest BCUT2D eigenvalue weighted by Gasteiger charge is -2.09. The Labute approximate surface area is 287 Å². The summed E-state index contributed by atoms with van der Waals surface area (Å²) < 4.78 is 4.93. The molecule has 0 unspecified atom stereocenters. The van der Waals surface area contributed by atoms with E-state index in [-0.39, 0.29) is 17.0 Å². The van der Waals surface area contributed by atoms with Gasteiger partial charge in [0, 0.05) is 82.2 Å². The van der Waals surface area contributed by atoms with E-state index >= 15 is 0 Å². The lowest BCUT2D eigenvalue weighted by Crippen LogP contribution is -3.00. The molecule has 0 spiro atoms. The number of aryl methyl sites for hydroxylation is 6. The molecule has 4 aromatic heterocycles. The monoisotopic (exact) mass is 683 g/mol. The summed E-state index contributed by atoms with van der Waals surface area (Å²) in [5, 5.41) is 10.8. The second-order valence-corrected chi connectivity index (χ2v) is 13.4. The van der Waals surface area contributed by atoms with E-state index in [0.29, 0.717) is 0 Å². The van der Waals surface area contributed by atoms with Gasteiger partial charge in [-0.3, -0.25) is 0 Å². The summed E-state index contributed by atoms with van der Waals surface area (Å²) >= 11 is 0. The summed E-state index contributed by atoms with van der Waals surface area (Å²) in [6.07, 6.45) is 12.2. The van der Waals surface area contributed by atoms with Crippen LogP contribution < -0.4 is 26.1 Å². The van der Waals surface area contributed by atoms with Crippen LogP contribution in [0.15, 0.2) is 85.2 Å². The molecule has 47 heavy (non-hydrogen) atoms. The van der Waals surface area contributed by atoms with E-state index in [1.807, 2.05) is 0 Å². The van der Waals surface area contributed by atoms with Crippen LogP contribution in [0.5, 0.6) is 0 Å². The maximum Gasteiger partial charge on any atom is 0.186 e. The van der Waals surface area contributed by atoms with Gasteiger partial charge in [-0.25, -0.2) is 9.13 Å². The molecule has 238 valence electrons. The zero-order valence-corrected chi connectivity index (χ0v) is 29.6. The number of unbranched alkanes of at least 4 members (excludes halogenated alkanes) is 5. The van der Waals surface area contributed by atoms with Gasteiger partial charge in [0.15, 0.2) is 23.8 Å². The zero-order chi connectivity index (χ0) is 31.4. The van der Waals surface area contributed by atoms with Crippen LogP contribution in [-0.4, -0.2) is 9.97 Å². The SMILES string of the molecule is Cc1c2cc[n+](CCCCCCCC[n+]3ccc4c(C)c5[nH]c6ccccc6c5cc4c3C)c(C)c2cc2c1[nH]c1ccccc12.[Br-]. The third-order valence-electron chi connectivity index (χ3n) is 10.7. The van der Waals surface area contributed by atoms with Crippen molar-refractivity contribution < 1.29 is 26.1 Å². The number of rotatable bonds is 9. The molecular formula is C42H44BrN4+. The van der Waals surface area contributed by atoms with Crippen molar-refractivity contribution >= 4 is 65.2 Å². The molecular weight excluding hydrogens is 640 g/mol. The van der Waals surface area contributed by atoms with E-state index in [4.69, 9.17) is 0 Å². The number of H-pyrrole nitrogens is 2. The largest absolute Gasteiger partial charge is 1.00 e. The topological polar surface area (TPSA) is 39.3 Å². The first-order chi connectivity index (χ1) is 22.5. The number of hydrogen-bond acceptors (Lipinski definition) is 0. The number of benzene rings is 4. The molecule has 4 aromatic carbocycles. The van der Waals surface area contributed by atoms with Gasteiger partial charge in [0.05, 0.1) is 11.0 Å². The van der Waals surface area contributed by atoms with Crippen LogP contribution in [-0.2, 0) is 13.1 Å². The van der Waals surface area contributed by atoms with Crippen molar-refractivity contribution in [3.63, 3.8) is 0 Å². The van der Waals surface area contributed by atoms with E-state index in [2.05, 4.69) is 132 Å². The van der Waals surface area contributed by atoms with E-state index < -0.39 is 0 Å². The Bertz CT molecular complexity index is 2260. The predicted molar refractivity (Wildman–Crippen MR) is 194 cm³/mol. The number of nitrogens with zero attached hydrogens (tertiary/aromatic N) is 2. The van der Waals surface area contributed by atoms with Crippen LogP contribution in [0.1, 0.15) is 61.0 Å². The highest BCUT2D eigenvalue weighted by Crippen LogP contribution is 2.34. The third kappa shape index (κ3) is 5.39. The number of fused-ring (bicyclic) bond motifs is 8. The molecule has 0 aliphatic rings. The Kier molecular flexibility index (Phi) is 8.52. The van der Waals surface area contributed by atoms with Crippen LogP contribution in [0, 0.1) is 27.7 Å². The normalized spacial score (nSPS) is 11.9. The molecule has 8 rings (SSSR count). The molecule has 0 amide bonds. The highest BCUT2D eigenvalue weighted by Gasteiger charge is 2.18. The molecule has 0 saturated carbocycles. The average molecular weight is 685 g/mol. The Balaban J connectivity index is 0.00000351. The number of aromatic nitrogens is 4. The van der Waals surface area contributed by atoms with Gasteiger partial charge in [-0.2, -0.15) is 0 Å². The van der Waals surface area contributed by atoms with Crippen molar-refractivity contribution in [1.29, 1.82) is 0 Å². The van der Waals surface area contributed by atoms with Gasteiger partial charge in [0.25, 0.3) is 0 Å². The van der Waals surface area contributed by atoms with E-state index in [1.54, 1.807) is 0 Å². The molecule has 0 fully saturated rings. The van der Waals surface area contributed by atoms with E-state index in [1.165, 1.54) is 126 Å². The van der Waals surface area contributed by atoms with Crippen LogP contribution in [0.4, 0.5) is 0 Å². The average Bonchev–Trinajstić information content (AvgIpc) is 3.64. The Morgan fingerprint density at radius 2 is 0.851 bits per heavy atom. The summed E-state index contributed by atoms with van der Waals surface area (Å²) in [7, 11) is 0. The third-order valence-corrected chi connectivity index (χ3v) is 10.7. The van der Waals surface area contributed by atoms with Gasteiger partial charge < -0.3 is 26.9 Å². The number of hydrogen-bond donors (Lipinski definition) is 2. The van der Waals surface area contributed by atoms with Gasteiger partial charge in [0.2, 0.25) is 0 Å².